The summed E-state index contributed by atoms with van der Waals surface area (Å²) in [5, 5.41) is 10.3. The Balaban J connectivity index is 0.00000106. The Morgan fingerprint density at radius 2 is 1.88 bits per heavy atom. The summed E-state index contributed by atoms with van der Waals surface area (Å²) in [5.74, 6) is -0.0405. The van der Waals surface area contributed by atoms with Crippen LogP contribution in [0.15, 0.2) is 24.3 Å². The lowest BCUT2D eigenvalue weighted by atomic mass is 10.3. The maximum atomic E-state index is 10.8. The fourth-order valence-corrected chi connectivity index (χ4v) is 0.840. The Labute approximate surface area is 107 Å². The third-order valence-electron chi connectivity index (χ3n) is 1.57. The van der Waals surface area contributed by atoms with Crippen LogP contribution in [-0.2, 0) is 4.79 Å². The van der Waals surface area contributed by atoms with Gasteiger partial charge in [0.05, 0.1) is 4.92 Å². The molecule has 0 aliphatic heterocycles. The van der Waals surface area contributed by atoms with E-state index in [4.69, 9.17) is 4.74 Å². The number of nitrogens with zero attached hydrogens (tertiary/aromatic N) is 1. The molecular weight excluding hydrogens is 325 g/mol. The van der Waals surface area contributed by atoms with Crippen molar-refractivity contribution in [1.29, 1.82) is 0 Å². The lowest BCUT2D eigenvalue weighted by molar-refractivity contribution is -0.384. The van der Waals surface area contributed by atoms with Gasteiger partial charge >= 0.3 is 5.97 Å². The zero-order valence-electron chi connectivity index (χ0n) is 8.97. The molecule has 88 valence electrons. The number of nitro benzene ring substituents is 1. The normalized spacial score (nSPS) is 8.69. The van der Waals surface area contributed by atoms with Gasteiger partial charge in [0.2, 0.25) is 0 Å². The highest BCUT2D eigenvalue weighted by Gasteiger charge is 2.06. The van der Waals surface area contributed by atoms with E-state index in [1.807, 2.05) is 4.93 Å². The molecule has 0 heterocycles. The largest absolute Gasteiger partial charge is 0.427 e. The van der Waals surface area contributed by atoms with Crippen LogP contribution in [0.1, 0.15) is 13.3 Å². The van der Waals surface area contributed by atoms with Crippen LogP contribution in [0, 0.1) is 10.1 Å². The standard InChI is InChI=1S/C9H9NO4.CH3I/c1-2-9(11)14-8-5-3-7(4-6-8)10(12)13;1-2/h3-6H,2H2,1H3;1H3. The molecule has 0 aliphatic rings. The third kappa shape index (κ3) is 5.06. The van der Waals surface area contributed by atoms with Crippen molar-refractivity contribution in [2.45, 2.75) is 13.3 Å². The van der Waals surface area contributed by atoms with Gasteiger partial charge in [-0.05, 0) is 17.1 Å². The summed E-state index contributed by atoms with van der Waals surface area (Å²) in [6.45, 7) is 1.67. The Kier molecular flexibility index (Phi) is 7.44. The fraction of sp³-hybridized carbons (Fsp3) is 0.300. The molecule has 0 spiro atoms. The first-order chi connectivity index (χ1) is 7.63. The van der Waals surface area contributed by atoms with Gasteiger partial charge in [-0.25, -0.2) is 0 Å². The Bertz CT molecular complexity index is 350. The number of benzene rings is 1. The van der Waals surface area contributed by atoms with Crippen molar-refractivity contribution in [2.75, 3.05) is 4.93 Å². The highest BCUT2D eigenvalue weighted by Crippen LogP contribution is 2.17. The number of alkyl halides is 1. The molecule has 0 aliphatic carbocycles. The Hall–Kier alpha value is -1.18. The lowest BCUT2D eigenvalue weighted by Gasteiger charge is -2.00. The smallest absolute Gasteiger partial charge is 0.310 e. The van der Waals surface area contributed by atoms with E-state index in [1.165, 1.54) is 24.3 Å². The van der Waals surface area contributed by atoms with Gasteiger partial charge in [0, 0.05) is 18.6 Å². The second kappa shape index (κ2) is 8.03. The number of rotatable bonds is 3. The molecule has 1 rings (SSSR count). The van der Waals surface area contributed by atoms with Gasteiger partial charge in [0.25, 0.3) is 5.69 Å². The van der Waals surface area contributed by atoms with Crippen LogP contribution < -0.4 is 4.74 Å². The van der Waals surface area contributed by atoms with Crippen LogP contribution in [0.3, 0.4) is 0 Å². The number of esters is 1. The number of nitro groups is 1. The van der Waals surface area contributed by atoms with E-state index in [0.29, 0.717) is 5.75 Å². The molecule has 1 aromatic rings. The Morgan fingerprint density at radius 3 is 2.25 bits per heavy atom. The van der Waals surface area contributed by atoms with Gasteiger partial charge in [-0.1, -0.05) is 29.5 Å². The predicted octanol–water partition coefficient (Wildman–Crippen LogP) is 2.96. The van der Waals surface area contributed by atoms with Crippen LogP contribution in [0.25, 0.3) is 0 Å². The van der Waals surface area contributed by atoms with Crippen LogP contribution in [-0.4, -0.2) is 15.8 Å². The van der Waals surface area contributed by atoms with E-state index in [9.17, 15) is 14.9 Å². The van der Waals surface area contributed by atoms with Gasteiger partial charge in [-0.3, -0.25) is 14.9 Å². The molecule has 0 saturated heterocycles. The lowest BCUT2D eigenvalue weighted by Crippen LogP contribution is -2.05. The Morgan fingerprint density at radius 1 is 1.38 bits per heavy atom. The maximum absolute atomic E-state index is 10.8. The minimum atomic E-state index is -0.509. The molecular formula is C10H12INO4. The van der Waals surface area contributed by atoms with Crippen molar-refractivity contribution in [2.24, 2.45) is 0 Å². The van der Waals surface area contributed by atoms with E-state index in [1.54, 1.807) is 6.92 Å². The second-order valence-corrected chi connectivity index (χ2v) is 2.58. The van der Waals surface area contributed by atoms with Crippen molar-refractivity contribution in [1.82, 2.24) is 0 Å². The van der Waals surface area contributed by atoms with Crippen LogP contribution in [0.2, 0.25) is 0 Å². The minimum absolute atomic E-state index is 0.0266. The first-order valence-electron chi connectivity index (χ1n) is 4.46. The molecule has 0 N–H and O–H groups in total. The van der Waals surface area contributed by atoms with Crippen molar-refractivity contribution < 1.29 is 14.5 Å². The molecule has 6 heteroatoms. The molecule has 0 aromatic heterocycles. The van der Waals surface area contributed by atoms with Crippen LogP contribution in [0.4, 0.5) is 5.69 Å². The van der Waals surface area contributed by atoms with Crippen molar-refractivity contribution in [3.8, 4) is 5.75 Å². The number of non-ortho nitro benzene ring substituents is 1. The van der Waals surface area contributed by atoms with Crippen molar-refractivity contribution in [3.05, 3.63) is 34.4 Å². The quantitative estimate of drug-likeness (QED) is 0.212. The number of carbonyl (C=O) groups excluding carboxylic acids is 1. The molecule has 16 heavy (non-hydrogen) atoms. The van der Waals surface area contributed by atoms with E-state index < -0.39 is 4.92 Å². The number of carbonyl (C=O) groups is 1. The van der Waals surface area contributed by atoms with Gasteiger partial charge in [-0.2, -0.15) is 0 Å². The summed E-state index contributed by atoms with van der Waals surface area (Å²) in [4.78, 5) is 22.6. The van der Waals surface area contributed by atoms with Crippen molar-refractivity contribution in [3.63, 3.8) is 0 Å². The van der Waals surface area contributed by atoms with Gasteiger partial charge in [0.15, 0.2) is 0 Å². The monoisotopic (exact) mass is 337 g/mol. The molecule has 0 amide bonds. The molecule has 0 atom stereocenters. The van der Waals surface area contributed by atoms with Crippen LogP contribution in [0.5, 0.6) is 5.75 Å². The summed E-state index contributed by atoms with van der Waals surface area (Å²) in [7, 11) is 0. The number of ether oxygens (including phenoxy) is 1. The molecule has 5 nitrogen and oxygen atoms in total. The SMILES string of the molecule is CCC(=O)Oc1ccc([N+](=O)[O-])cc1.CI. The van der Waals surface area contributed by atoms with E-state index in [2.05, 4.69) is 22.6 Å². The summed E-state index contributed by atoms with van der Waals surface area (Å²) < 4.78 is 4.84. The minimum Gasteiger partial charge on any atom is -0.427 e. The zero-order valence-corrected chi connectivity index (χ0v) is 11.1. The highest BCUT2D eigenvalue weighted by molar-refractivity contribution is 14.1. The molecule has 0 unspecified atom stereocenters. The van der Waals surface area contributed by atoms with Crippen molar-refractivity contribution >= 4 is 34.2 Å². The first kappa shape index (κ1) is 14.8. The van der Waals surface area contributed by atoms with Gasteiger partial charge < -0.3 is 4.74 Å². The third-order valence-corrected chi connectivity index (χ3v) is 1.57. The van der Waals surface area contributed by atoms with Gasteiger partial charge in [0.1, 0.15) is 5.75 Å². The number of halogens is 1. The maximum Gasteiger partial charge on any atom is 0.310 e. The molecule has 0 fully saturated rings. The molecule has 0 saturated carbocycles. The summed E-state index contributed by atoms with van der Waals surface area (Å²) in [6.07, 6.45) is 0.275. The summed E-state index contributed by atoms with van der Waals surface area (Å²) in [5.41, 5.74) is -0.0266. The zero-order chi connectivity index (χ0) is 12.6. The first-order valence-corrected chi connectivity index (χ1v) is 6.62. The van der Waals surface area contributed by atoms with E-state index in [0.717, 1.165) is 0 Å². The summed E-state index contributed by atoms with van der Waals surface area (Å²) >= 11 is 2.15. The summed E-state index contributed by atoms with van der Waals surface area (Å²) in [6, 6.07) is 5.37. The average molecular weight is 337 g/mol. The van der Waals surface area contributed by atoms with Crippen LogP contribution >= 0.6 is 22.6 Å². The highest BCUT2D eigenvalue weighted by atomic mass is 127. The topological polar surface area (TPSA) is 69.4 Å². The molecule has 1 aromatic carbocycles. The predicted molar refractivity (Wildman–Crippen MR) is 69.0 cm³/mol. The average Bonchev–Trinajstić information content (AvgIpc) is 2.32. The number of hydrogen-bond donors (Lipinski definition) is 0. The molecule has 0 radical (unpaired) electrons. The molecule has 0 bridgehead atoms. The number of hydrogen-bond acceptors (Lipinski definition) is 4. The van der Waals surface area contributed by atoms with Gasteiger partial charge in [-0.15, -0.1) is 0 Å². The van der Waals surface area contributed by atoms with E-state index >= 15 is 0 Å². The van der Waals surface area contributed by atoms with E-state index in [-0.39, 0.29) is 18.1 Å². The second-order valence-electron chi connectivity index (χ2n) is 2.58. The fourth-order valence-electron chi connectivity index (χ4n) is 0.840.